The lowest BCUT2D eigenvalue weighted by molar-refractivity contribution is 1.11. The highest BCUT2D eigenvalue weighted by Gasteiger charge is 2.12. The Balaban J connectivity index is 3.69. The summed E-state index contributed by atoms with van der Waals surface area (Å²) in [5.74, 6) is 8.45. The van der Waals surface area contributed by atoms with Crippen LogP contribution in [0.25, 0.3) is 0 Å². The topological polar surface area (TPSA) is 0 Å². The molecule has 2 atom stereocenters. The quantitative estimate of drug-likeness (QED) is 0.308. The molecule has 0 spiro atoms. The molecule has 0 saturated carbocycles. The van der Waals surface area contributed by atoms with Gasteiger partial charge in [-0.1, -0.05) is 0 Å². The first-order valence-corrected chi connectivity index (χ1v) is 11.3. The molecule has 0 aliphatic carbocycles. The van der Waals surface area contributed by atoms with E-state index in [1.807, 2.05) is 35.3 Å². The Bertz CT molecular complexity index is 156. The van der Waals surface area contributed by atoms with Gasteiger partial charge in [0.1, 0.15) is 0 Å². The molecule has 17 heavy (non-hydrogen) atoms. The molecule has 0 aromatic carbocycles. The second-order valence-corrected chi connectivity index (χ2v) is 8.85. The lowest BCUT2D eigenvalue weighted by Gasteiger charge is -2.18. The molecule has 0 aromatic rings. The summed E-state index contributed by atoms with van der Waals surface area (Å²) in [6.07, 6.45) is 0. The van der Waals surface area contributed by atoms with Gasteiger partial charge in [-0.2, -0.15) is 85.8 Å². The van der Waals surface area contributed by atoms with E-state index in [-0.39, 0.29) is 0 Å². The van der Waals surface area contributed by atoms with E-state index >= 15 is 0 Å². The molecule has 0 nitrogen and oxygen atoms in total. The van der Waals surface area contributed by atoms with Crippen molar-refractivity contribution in [3.05, 3.63) is 0 Å². The predicted molar refractivity (Wildman–Crippen MR) is 105 cm³/mol. The average Bonchev–Trinajstić information content (AvgIpc) is 2.36. The van der Waals surface area contributed by atoms with E-state index in [1.54, 1.807) is 0 Å². The summed E-state index contributed by atoms with van der Waals surface area (Å²) in [6.45, 7) is 0. The summed E-state index contributed by atoms with van der Waals surface area (Å²) in [5, 5.41) is 1.30. The summed E-state index contributed by atoms with van der Waals surface area (Å²) < 4.78 is 0. The first-order valence-electron chi connectivity index (χ1n) is 5.52. The van der Waals surface area contributed by atoms with E-state index < -0.39 is 0 Å². The number of hydrogen-bond acceptors (Lipinski definition) is 7. The Morgan fingerprint density at radius 2 is 1.29 bits per heavy atom. The molecular weight excluding hydrogens is 345 g/mol. The third-order valence-electron chi connectivity index (χ3n) is 1.91. The minimum Gasteiger partial charge on any atom is -0.179 e. The highest BCUT2D eigenvalue weighted by Crippen LogP contribution is 2.24. The third-order valence-corrected chi connectivity index (χ3v) is 8.53. The fourth-order valence-electron chi connectivity index (χ4n) is 1.05. The van der Waals surface area contributed by atoms with Crippen LogP contribution in [0.2, 0.25) is 0 Å². The molecule has 0 saturated heterocycles. The Kier molecular flexibility index (Phi) is 17.0. The Morgan fingerprint density at radius 1 is 0.706 bits per heavy atom. The highest BCUT2D eigenvalue weighted by molar-refractivity contribution is 8.06. The van der Waals surface area contributed by atoms with Crippen LogP contribution in [0.3, 0.4) is 0 Å². The van der Waals surface area contributed by atoms with Crippen molar-refractivity contribution in [1.29, 1.82) is 0 Å². The molecule has 0 N–H and O–H groups in total. The monoisotopic (exact) mass is 366 g/mol. The van der Waals surface area contributed by atoms with Crippen molar-refractivity contribution in [2.45, 2.75) is 10.5 Å². The fourth-order valence-corrected chi connectivity index (χ4v) is 6.22. The standard InChI is InChI=1S/C10H22S7/c11-1-3-15-7-9(5-13)17-8-10(6-14)16-4-2-12/h9-14H,1-8H2/t9-,10-/m1/s1. The van der Waals surface area contributed by atoms with Gasteiger partial charge in [-0.3, -0.25) is 0 Å². The van der Waals surface area contributed by atoms with Gasteiger partial charge in [0.25, 0.3) is 0 Å². The molecular formula is C10H22S7. The summed E-state index contributed by atoms with van der Waals surface area (Å²) in [5.41, 5.74) is 0. The second kappa shape index (κ2) is 14.9. The maximum Gasteiger partial charge on any atom is 0.0226 e. The van der Waals surface area contributed by atoms with Crippen LogP contribution in [0.15, 0.2) is 0 Å². The van der Waals surface area contributed by atoms with Crippen molar-refractivity contribution in [3.8, 4) is 0 Å². The van der Waals surface area contributed by atoms with Gasteiger partial charge in [0, 0.05) is 45.0 Å². The molecule has 0 aliphatic rings. The lowest BCUT2D eigenvalue weighted by atomic mass is 10.5. The summed E-state index contributed by atoms with van der Waals surface area (Å²) in [7, 11) is 0. The van der Waals surface area contributed by atoms with E-state index in [1.165, 1.54) is 11.5 Å². The summed E-state index contributed by atoms with van der Waals surface area (Å²) >= 11 is 23.3. The molecule has 0 heterocycles. The van der Waals surface area contributed by atoms with E-state index in [2.05, 4.69) is 50.5 Å². The summed E-state index contributed by atoms with van der Waals surface area (Å²) in [4.78, 5) is 0. The van der Waals surface area contributed by atoms with Crippen LogP contribution in [0.5, 0.6) is 0 Å². The maximum atomic E-state index is 4.43. The fraction of sp³-hybridized carbons (Fsp3) is 1.00. The molecule has 7 heteroatoms. The van der Waals surface area contributed by atoms with E-state index in [9.17, 15) is 0 Å². The number of thiol groups is 4. The zero-order valence-corrected chi connectivity index (χ0v) is 15.9. The molecule has 104 valence electrons. The van der Waals surface area contributed by atoms with Gasteiger partial charge in [0.2, 0.25) is 0 Å². The molecule has 0 radical (unpaired) electrons. The molecule has 0 amide bonds. The zero-order chi connectivity index (χ0) is 12.9. The Hall–Kier alpha value is 2.45. The predicted octanol–water partition coefficient (Wildman–Crippen LogP) is 3.64. The molecule has 0 aliphatic heterocycles. The van der Waals surface area contributed by atoms with Crippen LogP contribution in [0.4, 0.5) is 0 Å². The van der Waals surface area contributed by atoms with Crippen molar-refractivity contribution in [2.24, 2.45) is 0 Å². The van der Waals surface area contributed by atoms with Crippen LogP contribution in [0.1, 0.15) is 0 Å². The number of thioether (sulfide) groups is 3. The molecule has 0 aromatic heterocycles. The first kappa shape index (κ1) is 19.4. The average molecular weight is 367 g/mol. The van der Waals surface area contributed by atoms with Crippen molar-refractivity contribution in [3.63, 3.8) is 0 Å². The SMILES string of the molecule is SCCSC[C@@H](CS)SC[C@@H](CS)SCCS. The second-order valence-electron chi connectivity index (χ2n) is 3.34. The van der Waals surface area contributed by atoms with E-state index in [0.29, 0.717) is 10.5 Å². The normalized spacial score (nSPS) is 14.8. The van der Waals surface area contributed by atoms with Crippen LogP contribution in [-0.4, -0.2) is 56.5 Å². The zero-order valence-electron chi connectivity index (χ0n) is 9.83. The van der Waals surface area contributed by atoms with Gasteiger partial charge in [-0.25, -0.2) is 0 Å². The highest BCUT2D eigenvalue weighted by atomic mass is 32.2. The van der Waals surface area contributed by atoms with E-state index in [0.717, 1.165) is 34.5 Å². The van der Waals surface area contributed by atoms with Crippen molar-refractivity contribution in [2.75, 3.05) is 46.0 Å². The largest absolute Gasteiger partial charge is 0.179 e. The Labute approximate surface area is 141 Å². The summed E-state index contributed by atoms with van der Waals surface area (Å²) in [6, 6.07) is 0. The van der Waals surface area contributed by atoms with Crippen LogP contribution in [0, 0.1) is 0 Å². The smallest absolute Gasteiger partial charge is 0.0226 e. The third kappa shape index (κ3) is 11.9. The Morgan fingerprint density at radius 3 is 1.82 bits per heavy atom. The van der Waals surface area contributed by atoms with Gasteiger partial charge in [0.05, 0.1) is 0 Å². The van der Waals surface area contributed by atoms with Crippen LogP contribution in [-0.2, 0) is 0 Å². The van der Waals surface area contributed by atoms with Crippen molar-refractivity contribution < 1.29 is 0 Å². The van der Waals surface area contributed by atoms with Crippen molar-refractivity contribution >= 4 is 85.8 Å². The lowest BCUT2D eigenvalue weighted by Crippen LogP contribution is -2.16. The van der Waals surface area contributed by atoms with Gasteiger partial charge < -0.3 is 0 Å². The van der Waals surface area contributed by atoms with Gasteiger partial charge in [-0.15, -0.1) is 0 Å². The molecule has 0 bridgehead atoms. The minimum absolute atomic E-state index is 0.646. The first-order chi connectivity index (χ1) is 8.28. The van der Waals surface area contributed by atoms with Crippen LogP contribution >= 0.6 is 85.8 Å². The minimum atomic E-state index is 0.646. The van der Waals surface area contributed by atoms with Gasteiger partial charge >= 0.3 is 0 Å². The van der Waals surface area contributed by atoms with Gasteiger partial charge in [-0.05, 0) is 11.5 Å². The number of hydrogen-bond donors (Lipinski definition) is 4. The maximum absolute atomic E-state index is 4.43. The van der Waals surface area contributed by atoms with Crippen LogP contribution < -0.4 is 0 Å². The van der Waals surface area contributed by atoms with Gasteiger partial charge in [0.15, 0.2) is 0 Å². The molecule has 0 fully saturated rings. The van der Waals surface area contributed by atoms with E-state index in [4.69, 9.17) is 0 Å². The van der Waals surface area contributed by atoms with Crippen molar-refractivity contribution in [1.82, 2.24) is 0 Å². The molecule has 0 rings (SSSR count). The molecule has 0 unspecified atom stereocenters. The number of rotatable bonds is 12.